The van der Waals surface area contributed by atoms with Crippen molar-refractivity contribution in [2.75, 3.05) is 30.3 Å². The predicted octanol–water partition coefficient (Wildman–Crippen LogP) is 5.55. The summed E-state index contributed by atoms with van der Waals surface area (Å²) in [5, 5.41) is 0.947. The van der Waals surface area contributed by atoms with E-state index >= 15 is 0 Å². The Morgan fingerprint density at radius 3 is 2.42 bits per heavy atom. The minimum Gasteiger partial charge on any atom is -0.417 e. The molecule has 2 rings (SSSR count). The molecule has 136 valence electrons. The lowest BCUT2D eigenvalue weighted by molar-refractivity contribution is 0.240. The average molecular weight is 369 g/mol. The van der Waals surface area contributed by atoms with Gasteiger partial charge in [0, 0.05) is 25.4 Å². The van der Waals surface area contributed by atoms with Crippen molar-refractivity contribution < 1.29 is 4.43 Å². The summed E-state index contributed by atoms with van der Waals surface area (Å²) in [7, 11) is -1.60. The maximum atomic E-state index is 6.33. The topological polar surface area (TPSA) is 38.5 Å². The zero-order chi connectivity index (χ0) is 18.0. The van der Waals surface area contributed by atoms with E-state index in [9.17, 15) is 0 Å². The number of halogens is 1. The third-order valence-electron chi connectivity index (χ3n) is 5.76. The lowest BCUT2D eigenvalue weighted by atomic mass is 9.93. The molecule has 3 nitrogen and oxygen atoms in total. The molecule has 0 saturated carbocycles. The van der Waals surface area contributed by atoms with Gasteiger partial charge in [-0.05, 0) is 61.5 Å². The number of nitrogens with zero attached hydrogens (tertiary/aromatic N) is 1. The van der Waals surface area contributed by atoms with Crippen LogP contribution >= 0.6 is 11.6 Å². The Bertz CT molecular complexity index is 549. The molecule has 0 spiro atoms. The number of hydrogen-bond acceptors (Lipinski definition) is 3. The van der Waals surface area contributed by atoms with Gasteiger partial charge in [0.15, 0.2) is 8.32 Å². The molecule has 24 heavy (non-hydrogen) atoms. The summed E-state index contributed by atoms with van der Waals surface area (Å²) in [4.78, 5) is 2.41. The fourth-order valence-electron chi connectivity index (χ4n) is 2.89. The number of anilines is 2. The molecule has 1 aromatic rings. The Kier molecular flexibility index (Phi) is 6.27. The first-order chi connectivity index (χ1) is 11.1. The zero-order valence-corrected chi connectivity index (χ0v) is 17.6. The minimum atomic E-state index is -1.60. The maximum Gasteiger partial charge on any atom is 0.191 e. The molecule has 0 radical (unpaired) electrons. The van der Waals surface area contributed by atoms with Gasteiger partial charge in [0.05, 0.1) is 10.7 Å². The SMILES string of the molecule is CC(C)(C)[Si](C)(C)OCCC1CCN(c2ccc(N)c(Cl)c2)CC1. The zero-order valence-electron chi connectivity index (χ0n) is 15.9. The summed E-state index contributed by atoms with van der Waals surface area (Å²) in [5.41, 5.74) is 7.64. The van der Waals surface area contributed by atoms with Gasteiger partial charge in [-0.2, -0.15) is 0 Å². The maximum absolute atomic E-state index is 6.33. The minimum absolute atomic E-state index is 0.296. The molecule has 1 aliphatic heterocycles. The van der Waals surface area contributed by atoms with Crippen molar-refractivity contribution in [3.63, 3.8) is 0 Å². The Morgan fingerprint density at radius 2 is 1.88 bits per heavy atom. The Labute approximate surface area is 153 Å². The lowest BCUT2D eigenvalue weighted by Gasteiger charge is -2.37. The molecule has 5 heteroatoms. The summed E-state index contributed by atoms with van der Waals surface area (Å²) in [6.07, 6.45) is 3.63. The lowest BCUT2D eigenvalue weighted by Crippen LogP contribution is -2.41. The van der Waals surface area contributed by atoms with E-state index in [4.69, 9.17) is 21.8 Å². The van der Waals surface area contributed by atoms with E-state index in [1.807, 2.05) is 12.1 Å². The molecular weight excluding hydrogens is 336 g/mol. The average Bonchev–Trinajstić information content (AvgIpc) is 2.49. The van der Waals surface area contributed by atoms with E-state index < -0.39 is 8.32 Å². The molecular formula is C19H33ClN2OSi. The number of rotatable bonds is 5. The van der Waals surface area contributed by atoms with Gasteiger partial charge in [0.1, 0.15) is 0 Å². The second-order valence-corrected chi connectivity index (χ2v) is 13.8. The van der Waals surface area contributed by atoms with Crippen LogP contribution in [0, 0.1) is 5.92 Å². The number of benzene rings is 1. The molecule has 0 unspecified atom stereocenters. The normalized spacial score (nSPS) is 17.3. The van der Waals surface area contributed by atoms with E-state index in [2.05, 4.69) is 44.8 Å². The van der Waals surface area contributed by atoms with Gasteiger partial charge in [-0.1, -0.05) is 32.4 Å². The first-order valence-corrected chi connectivity index (χ1v) is 12.3. The summed E-state index contributed by atoms with van der Waals surface area (Å²) >= 11 is 6.15. The van der Waals surface area contributed by atoms with Gasteiger partial charge in [-0.15, -0.1) is 0 Å². The second kappa shape index (κ2) is 7.67. The molecule has 0 atom stereocenters. The highest BCUT2D eigenvalue weighted by Crippen LogP contribution is 2.37. The standard InChI is InChI=1S/C19H33ClN2OSi/c1-19(2,3)24(4,5)23-13-10-15-8-11-22(12-9-15)16-6-7-18(21)17(20)14-16/h6-7,14-15H,8-13,21H2,1-5H3. The highest BCUT2D eigenvalue weighted by Gasteiger charge is 2.37. The molecule has 1 aromatic carbocycles. The Hall–Kier alpha value is -0.713. The van der Waals surface area contributed by atoms with Crippen molar-refractivity contribution in [2.45, 2.75) is 58.2 Å². The number of hydrogen-bond donors (Lipinski definition) is 1. The largest absolute Gasteiger partial charge is 0.417 e. The molecule has 1 saturated heterocycles. The third-order valence-corrected chi connectivity index (χ3v) is 10.6. The van der Waals surface area contributed by atoms with Crippen LogP contribution < -0.4 is 10.6 Å². The van der Waals surface area contributed by atoms with Crippen LogP contribution in [0.25, 0.3) is 0 Å². The van der Waals surface area contributed by atoms with E-state index in [0.29, 0.717) is 15.7 Å². The Morgan fingerprint density at radius 1 is 1.25 bits per heavy atom. The van der Waals surface area contributed by atoms with Gasteiger partial charge in [0.25, 0.3) is 0 Å². The highest BCUT2D eigenvalue weighted by molar-refractivity contribution is 6.74. The van der Waals surface area contributed by atoms with Crippen molar-refractivity contribution >= 4 is 31.3 Å². The van der Waals surface area contributed by atoms with Crippen LogP contribution in [0.1, 0.15) is 40.0 Å². The number of piperidine rings is 1. The van der Waals surface area contributed by atoms with Crippen LogP contribution in [0.5, 0.6) is 0 Å². The van der Waals surface area contributed by atoms with E-state index in [0.717, 1.165) is 25.6 Å². The van der Waals surface area contributed by atoms with Crippen LogP contribution in [0.15, 0.2) is 18.2 Å². The molecule has 1 heterocycles. The van der Waals surface area contributed by atoms with Crippen molar-refractivity contribution in [1.82, 2.24) is 0 Å². The first kappa shape index (κ1) is 19.6. The van der Waals surface area contributed by atoms with Crippen LogP contribution in [0.3, 0.4) is 0 Å². The van der Waals surface area contributed by atoms with Crippen LogP contribution in [-0.2, 0) is 4.43 Å². The molecule has 0 bridgehead atoms. The second-order valence-electron chi connectivity index (χ2n) is 8.53. The fourth-order valence-corrected chi connectivity index (χ4v) is 4.13. The van der Waals surface area contributed by atoms with Gasteiger partial charge >= 0.3 is 0 Å². The fraction of sp³-hybridized carbons (Fsp3) is 0.684. The molecule has 0 aromatic heterocycles. The van der Waals surface area contributed by atoms with E-state index in [1.165, 1.54) is 24.9 Å². The molecule has 0 amide bonds. The summed E-state index contributed by atoms with van der Waals surface area (Å²) in [5.74, 6) is 0.773. The van der Waals surface area contributed by atoms with E-state index in [1.54, 1.807) is 0 Å². The number of nitrogen functional groups attached to an aromatic ring is 1. The predicted molar refractivity (Wildman–Crippen MR) is 109 cm³/mol. The van der Waals surface area contributed by atoms with Gasteiger partial charge in [-0.3, -0.25) is 0 Å². The summed E-state index contributed by atoms with van der Waals surface area (Å²) in [6, 6.07) is 5.96. The van der Waals surface area contributed by atoms with Gasteiger partial charge in [0.2, 0.25) is 0 Å². The van der Waals surface area contributed by atoms with Crippen molar-refractivity contribution in [3.05, 3.63) is 23.2 Å². The summed E-state index contributed by atoms with van der Waals surface area (Å²) in [6.45, 7) is 14.7. The molecule has 1 aliphatic rings. The molecule has 2 N–H and O–H groups in total. The van der Waals surface area contributed by atoms with Crippen molar-refractivity contribution in [3.8, 4) is 0 Å². The first-order valence-electron chi connectivity index (χ1n) is 9.04. The van der Waals surface area contributed by atoms with Crippen LogP contribution in [0.4, 0.5) is 11.4 Å². The van der Waals surface area contributed by atoms with Crippen LogP contribution in [-0.4, -0.2) is 28.0 Å². The van der Waals surface area contributed by atoms with Gasteiger partial charge < -0.3 is 15.1 Å². The monoisotopic (exact) mass is 368 g/mol. The summed E-state index contributed by atoms with van der Waals surface area (Å²) < 4.78 is 6.33. The van der Waals surface area contributed by atoms with Gasteiger partial charge in [-0.25, -0.2) is 0 Å². The quantitative estimate of drug-likeness (QED) is 0.546. The molecule has 1 fully saturated rings. The van der Waals surface area contributed by atoms with Crippen molar-refractivity contribution in [2.24, 2.45) is 5.92 Å². The van der Waals surface area contributed by atoms with E-state index in [-0.39, 0.29) is 0 Å². The smallest absolute Gasteiger partial charge is 0.191 e. The highest BCUT2D eigenvalue weighted by atomic mass is 35.5. The molecule has 0 aliphatic carbocycles. The van der Waals surface area contributed by atoms with Crippen molar-refractivity contribution in [1.29, 1.82) is 0 Å². The van der Waals surface area contributed by atoms with Crippen LogP contribution in [0.2, 0.25) is 23.2 Å². The number of nitrogens with two attached hydrogens (primary N) is 1. The Balaban J connectivity index is 1.78. The third kappa shape index (κ3) is 4.90.